The summed E-state index contributed by atoms with van der Waals surface area (Å²) >= 11 is 0. The number of rotatable bonds is 61. The van der Waals surface area contributed by atoms with E-state index in [1.807, 2.05) is 0 Å². The molecular weight excluding hydrogens is 925 g/mol. The summed E-state index contributed by atoms with van der Waals surface area (Å²) in [6, 6.07) is 0. The van der Waals surface area contributed by atoms with E-state index in [0.717, 1.165) is 89.9 Å². The van der Waals surface area contributed by atoms with Gasteiger partial charge in [-0.15, -0.1) is 0 Å². The van der Waals surface area contributed by atoms with E-state index < -0.39 is 6.10 Å². The fourth-order valence-corrected chi connectivity index (χ4v) is 9.80. The van der Waals surface area contributed by atoms with E-state index in [-0.39, 0.29) is 31.1 Å². The second kappa shape index (κ2) is 63.9. The van der Waals surface area contributed by atoms with Crippen LogP contribution in [0.15, 0.2) is 48.6 Å². The van der Waals surface area contributed by atoms with Gasteiger partial charge >= 0.3 is 17.9 Å². The summed E-state index contributed by atoms with van der Waals surface area (Å²) in [6.07, 6.45) is 79.8. The number of ether oxygens (including phenoxy) is 3. The Morgan fingerprint density at radius 2 is 0.480 bits per heavy atom. The molecule has 0 saturated carbocycles. The highest BCUT2D eigenvalue weighted by molar-refractivity contribution is 5.71. The fraction of sp³-hybridized carbons (Fsp3) is 0.841. The van der Waals surface area contributed by atoms with E-state index in [1.165, 1.54) is 225 Å². The molecule has 1 unspecified atom stereocenters. The molecule has 1 atom stereocenters. The van der Waals surface area contributed by atoms with Gasteiger partial charge in [0.15, 0.2) is 6.10 Å². The lowest BCUT2D eigenvalue weighted by Gasteiger charge is -2.18. The van der Waals surface area contributed by atoms with Crippen molar-refractivity contribution in [2.75, 3.05) is 13.2 Å². The van der Waals surface area contributed by atoms with Gasteiger partial charge in [0.1, 0.15) is 13.2 Å². The van der Waals surface area contributed by atoms with Crippen molar-refractivity contribution in [3.05, 3.63) is 48.6 Å². The minimum absolute atomic E-state index is 0.0775. The first-order chi connectivity index (χ1) is 37.0. The summed E-state index contributed by atoms with van der Waals surface area (Å²) in [4.78, 5) is 38.3. The highest BCUT2D eigenvalue weighted by atomic mass is 16.6. The molecule has 0 radical (unpaired) electrons. The molecule has 0 saturated heterocycles. The molecule has 0 spiro atoms. The van der Waals surface area contributed by atoms with Crippen LogP contribution in [0.2, 0.25) is 0 Å². The van der Waals surface area contributed by atoms with E-state index in [0.29, 0.717) is 19.3 Å². The van der Waals surface area contributed by atoms with Crippen LogP contribution in [0.1, 0.15) is 355 Å². The zero-order chi connectivity index (χ0) is 54.3. The molecule has 0 bridgehead atoms. The van der Waals surface area contributed by atoms with Crippen LogP contribution < -0.4 is 0 Å². The molecule has 0 aromatic rings. The third-order valence-corrected chi connectivity index (χ3v) is 14.8. The van der Waals surface area contributed by atoms with E-state index in [1.54, 1.807) is 0 Å². The van der Waals surface area contributed by atoms with Crippen molar-refractivity contribution in [3.63, 3.8) is 0 Å². The number of hydrogen-bond acceptors (Lipinski definition) is 6. The molecule has 75 heavy (non-hydrogen) atoms. The van der Waals surface area contributed by atoms with Crippen molar-refractivity contribution in [2.24, 2.45) is 0 Å². The van der Waals surface area contributed by atoms with E-state index >= 15 is 0 Å². The lowest BCUT2D eigenvalue weighted by atomic mass is 10.0. The lowest BCUT2D eigenvalue weighted by Crippen LogP contribution is -2.30. The van der Waals surface area contributed by atoms with Gasteiger partial charge in [0.2, 0.25) is 0 Å². The van der Waals surface area contributed by atoms with Crippen LogP contribution in [0.3, 0.4) is 0 Å². The highest BCUT2D eigenvalue weighted by Gasteiger charge is 2.19. The summed E-state index contributed by atoms with van der Waals surface area (Å²) < 4.78 is 16.9. The van der Waals surface area contributed by atoms with Gasteiger partial charge in [-0.2, -0.15) is 0 Å². The van der Waals surface area contributed by atoms with E-state index in [2.05, 4.69) is 69.4 Å². The van der Waals surface area contributed by atoms with Crippen molar-refractivity contribution < 1.29 is 28.6 Å². The number of unbranched alkanes of at least 4 members (excludes halogenated alkanes) is 42. The normalized spacial score (nSPS) is 12.3. The zero-order valence-electron chi connectivity index (χ0n) is 50.3. The minimum atomic E-state index is -0.783. The van der Waals surface area contributed by atoms with Gasteiger partial charge in [0.05, 0.1) is 0 Å². The van der Waals surface area contributed by atoms with E-state index in [4.69, 9.17) is 14.2 Å². The third kappa shape index (κ3) is 62.1. The maximum absolute atomic E-state index is 12.9. The number of hydrogen-bond donors (Lipinski definition) is 0. The monoisotopic (exact) mass is 1050 g/mol. The van der Waals surface area contributed by atoms with Crippen LogP contribution in [0.4, 0.5) is 0 Å². The summed E-state index contributed by atoms with van der Waals surface area (Å²) in [7, 11) is 0. The standard InChI is InChI=1S/C69H126O6/c1-4-7-10-13-16-19-22-25-28-30-32-33-34-35-37-38-41-44-47-50-53-56-59-62-68(71)74-65-66(64-73-67(70)61-58-55-52-49-46-43-40-27-24-21-18-15-12-9-6-3)75-69(72)63-60-57-54-51-48-45-42-39-36-31-29-26-23-20-17-14-11-8-5-2/h17,20,26-27,29,36,39-40,66H,4-16,18-19,21-25,28,30-35,37-38,41-65H2,1-3H3/b20-17-,29-26-,39-36-,40-27-. The van der Waals surface area contributed by atoms with Gasteiger partial charge in [-0.1, -0.05) is 301 Å². The second-order valence-corrected chi connectivity index (χ2v) is 22.4. The molecule has 0 aromatic carbocycles. The smallest absolute Gasteiger partial charge is 0.306 e. The quantitative estimate of drug-likeness (QED) is 0.0261. The minimum Gasteiger partial charge on any atom is -0.462 e. The molecule has 0 heterocycles. The Morgan fingerprint density at radius 1 is 0.267 bits per heavy atom. The fourth-order valence-electron chi connectivity index (χ4n) is 9.80. The van der Waals surface area contributed by atoms with Gasteiger partial charge in [-0.3, -0.25) is 14.4 Å². The molecule has 0 aliphatic rings. The van der Waals surface area contributed by atoms with Crippen LogP contribution in [-0.2, 0) is 28.6 Å². The Bertz CT molecular complexity index is 1300. The van der Waals surface area contributed by atoms with Crippen LogP contribution in [0, 0.1) is 0 Å². The molecule has 0 amide bonds. The third-order valence-electron chi connectivity index (χ3n) is 14.8. The van der Waals surface area contributed by atoms with Gasteiger partial charge in [-0.25, -0.2) is 0 Å². The van der Waals surface area contributed by atoms with Crippen LogP contribution >= 0.6 is 0 Å². The molecule has 6 nitrogen and oxygen atoms in total. The molecule has 438 valence electrons. The van der Waals surface area contributed by atoms with Gasteiger partial charge in [-0.05, 0) is 83.5 Å². The zero-order valence-corrected chi connectivity index (χ0v) is 50.3. The van der Waals surface area contributed by atoms with Crippen molar-refractivity contribution in [2.45, 2.75) is 361 Å². The average molecular weight is 1050 g/mol. The Morgan fingerprint density at radius 3 is 0.787 bits per heavy atom. The first-order valence-electron chi connectivity index (χ1n) is 33.1. The highest BCUT2D eigenvalue weighted by Crippen LogP contribution is 2.18. The molecule has 0 aliphatic carbocycles. The van der Waals surface area contributed by atoms with Gasteiger partial charge < -0.3 is 14.2 Å². The lowest BCUT2D eigenvalue weighted by molar-refractivity contribution is -0.167. The number of carbonyl (C=O) groups excluding carboxylic acids is 3. The summed E-state index contributed by atoms with van der Waals surface area (Å²) in [5.74, 6) is -0.877. The Labute approximate surface area is 467 Å². The first kappa shape index (κ1) is 72.4. The number of carbonyl (C=O) groups is 3. The van der Waals surface area contributed by atoms with Crippen molar-refractivity contribution in [1.29, 1.82) is 0 Å². The number of esters is 3. The Hall–Kier alpha value is -2.63. The van der Waals surface area contributed by atoms with Gasteiger partial charge in [0.25, 0.3) is 0 Å². The molecule has 0 fully saturated rings. The van der Waals surface area contributed by atoms with Crippen LogP contribution in [-0.4, -0.2) is 37.2 Å². The van der Waals surface area contributed by atoms with Crippen LogP contribution in [0.25, 0.3) is 0 Å². The SMILES string of the molecule is CCCCC/C=C\C/C=C\C/C=C\CCCCCCCCC(=O)OC(COC(=O)CCCCCCC/C=C\CCCCCCCC)COC(=O)CCCCCCCCCCCCCCCCCCCCCCCCC. The molecule has 0 aromatic heterocycles. The second-order valence-electron chi connectivity index (χ2n) is 22.4. The van der Waals surface area contributed by atoms with Crippen molar-refractivity contribution in [1.82, 2.24) is 0 Å². The summed E-state index contributed by atoms with van der Waals surface area (Å²) in [6.45, 7) is 6.65. The molecular formula is C69H126O6. The summed E-state index contributed by atoms with van der Waals surface area (Å²) in [5, 5.41) is 0. The maximum Gasteiger partial charge on any atom is 0.306 e. The Kier molecular flexibility index (Phi) is 61.7. The predicted molar refractivity (Wildman–Crippen MR) is 325 cm³/mol. The van der Waals surface area contributed by atoms with E-state index in [9.17, 15) is 14.4 Å². The molecule has 6 heteroatoms. The van der Waals surface area contributed by atoms with Crippen LogP contribution in [0.5, 0.6) is 0 Å². The maximum atomic E-state index is 12.9. The topological polar surface area (TPSA) is 78.9 Å². The molecule has 0 N–H and O–H groups in total. The molecule has 0 rings (SSSR count). The van der Waals surface area contributed by atoms with Crippen molar-refractivity contribution >= 4 is 17.9 Å². The predicted octanol–water partition coefficient (Wildman–Crippen LogP) is 22.6. The van der Waals surface area contributed by atoms with Gasteiger partial charge in [0, 0.05) is 19.3 Å². The number of allylic oxidation sites excluding steroid dienone is 8. The Balaban J connectivity index is 4.32. The summed E-state index contributed by atoms with van der Waals surface area (Å²) in [5.41, 5.74) is 0. The average Bonchev–Trinajstić information content (AvgIpc) is 3.41. The molecule has 0 aliphatic heterocycles. The van der Waals surface area contributed by atoms with Crippen molar-refractivity contribution in [3.8, 4) is 0 Å². The first-order valence-corrected chi connectivity index (χ1v) is 33.1. The largest absolute Gasteiger partial charge is 0.462 e.